The fourth-order valence-electron chi connectivity index (χ4n) is 5.09. The van der Waals surface area contributed by atoms with Gasteiger partial charge in [-0.3, -0.25) is 0 Å². The van der Waals surface area contributed by atoms with Gasteiger partial charge in [-0.1, -0.05) is 20.8 Å². The van der Waals surface area contributed by atoms with Crippen LogP contribution < -0.4 is 10.6 Å². The van der Waals surface area contributed by atoms with Crippen LogP contribution in [0.1, 0.15) is 73.6 Å². The summed E-state index contributed by atoms with van der Waals surface area (Å²) in [5.41, 5.74) is 0.471. The Morgan fingerprint density at radius 1 is 1.09 bits per heavy atom. The predicted molar refractivity (Wildman–Crippen MR) is 92.3 cm³/mol. The average Bonchev–Trinajstić information content (AvgIpc) is 2.66. The predicted octanol–water partition coefficient (Wildman–Crippen LogP) is 3.85. The van der Waals surface area contributed by atoms with Gasteiger partial charge in [0.05, 0.1) is 0 Å². The van der Waals surface area contributed by atoms with E-state index in [4.69, 9.17) is 4.74 Å². The van der Waals surface area contributed by atoms with Crippen molar-refractivity contribution >= 4 is 6.09 Å². The molecule has 0 aromatic heterocycles. The lowest BCUT2D eigenvalue weighted by Crippen LogP contribution is -2.57. The smallest absolute Gasteiger partial charge is 0.407 e. The zero-order valence-electron chi connectivity index (χ0n) is 15.7. The topological polar surface area (TPSA) is 50.4 Å². The summed E-state index contributed by atoms with van der Waals surface area (Å²) >= 11 is 0. The van der Waals surface area contributed by atoms with E-state index < -0.39 is 5.60 Å². The second kappa shape index (κ2) is 5.37. The van der Waals surface area contributed by atoms with Crippen LogP contribution in [0, 0.1) is 16.7 Å². The van der Waals surface area contributed by atoms with Gasteiger partial charge in [0.15, 0.2) is 0 Å². The van der Waals surface area contributed by atoms with Crippen molar-refractivity contribution in [3.8, 4) is 0 Å². The third-order valence-electron chi connectivity index (χ3n) is 7.09. The molecular formula is C19H34N2O2. The fraction of sp³-hybridized carbons (Fsp3) is 0.947. The summed E-state index contributed by atoms with van der Waals surface area (Å²) in [4.78, 5) is 11.8. The van der Waals surface area contributed by atoms with Gasteiger partial charge in [0, 0.05) is 18.1 Å². The van der Waals surface area contributed by atoms with Crippen molar-refractivity contribution in [1.29, 1.82) is 0 Å². The molecule has 0 radical (unpaired) electrons. The number of hydrogen-bond acceptors (Lipinski definition) is 3. The van der Waals surface area contributed by atoms with E-state index in [1.807, 2.05) is 20.8 Å². The number of carbonyl (C=O) groups excluding carboxylic acids is 1. The number of alkyl carbamates (subject to hydrolysis) is 1. The number of amides is 1. The molecule has 0 aromatic carbocycles. The van der Waals surface area contributed by atoms with Gasteiger partial charge in [-0.2, -0.15) is 0 Å². The Balaban J connectivity index is 1.44. The first-order chi connectivity index (χ1) is 10.5. The lowest BCUT2D eigenvalue weighted by Gasteiger charge is -2.44. The van der Waals surface area contributed by atoms with E-state index >= 15 is 0 Å². The van der Waals surface area contributed by atoms with Crippen molar-refractivity contribution in [3.05, 3.63) is 0 Å². The first-order valence-corrected chi connectivity index (χ1v) is 9.27. The highest BCUT2D eigenvalue weighted by atomic mass is 16.6. The van der Waals surface area contributed by atoms with E-state index in [9.17, 15) is 4.79 Å². The quantitative estimate of drug-likeness (QED) is 0.830. The zero-order valence-corrected chi connectivity index (χ0v) is 15.7. The van der Waals surface area contributed by atoms with Gasteiger partial charge < -0.3 is 15.4 Å². The third kappa shape index (κ3) is 2.99. The van der Waals surface area contributed by atoms with Crippen molar-refractivity contribution in [2.45, 2.75) is 97.4 Å². The van der Waals surface area contributed by atoms with Gasteiger partial charge in [0.2, 0.25) is 0 Å². The summed E-state index contributed by atoms with van der Waals surface area (Å²) in [6.45, 7) is 13.1. The molecule has 0 spiro atoms. The summed E-state index contributed by atoms with van der Waals surface area (Å²) in [6, 6.07) is 1.46. The molecule has 3 aliphatic rings. The maximum atomic E-state index is 11.8. The largest absolute Gasteiger partial charge is 0.444 e. The summed E-state index contributed by atoms with van der Waals surface area (Å²) in [5.74, 6) is 0.876. The maximum Gasteiger partial charge on any atom is 0.407 e. The normalized spacial score (nSPS) is 41.5. The van der Waals surface area contributed by atoms with Crippen LogP contribution in [0.2, 0.25) is 0 Å². The molecule has 0 heterocycles. The molecule has 3 atom stereocenters. The van der Waals surface area contributed by atoms with Gasteiger partial charge in [-0.25, -0.2) is 4.79 Å². The van der Waals surface area contributed by atoms with Crippen LogP contribution in [0.4, 0.5) is 4.79 Å². The molecule has 0 aromatic rings. The van der Waals surface area contributed by atoms with Gasteiger partial charge in [-0.15, -0.1) is 0 Å². The van der Waals surface area contributed by atoms with Gasteiger partial charge in [-0.05, 0) is 69.6 Å². The highest BCUT2D eigenvalue weighted by Crippen LogP contribution is 2.65. The van der Waals surface area contributed by atoms with Crippen LogP contribution in [0.5, 0.6) is 0 Å². The average molecular weight is 322 g/mol. The van der Waals surface area contributed by atoms with Crippen molar-refractivity contribution in [2.24, 2.45) is 16.7 Å². The van der Waals surface area contributed by atoms with Crippen molar-refractivity contribution in [2.75, 3.05) is 0 Å². The third-order valence-corrected chi connectivity index (χ3v) is 7.09. The van der Waals surface area contributed by atoms with Crippen LogP contribution in [0.25, 0.3) is 0 Å². The van der Waals surface area contributed by atoms with Crippen LogP contribution in [-0.2, 0) is 4.74 Å². The monoisotopic (exact) mass is 322 g/mol. The maximum absolute atomic E-state index is 11.8. The summed E-state index contributed by atoms with van der Waals surface area (Å²) in [5, 5.41) is 6.89. The zero-order chi connectivity index (χ0) is 17.0. The lowest BCUT2D eigenvalue weighted by molar-refractivity contribution is 0.0448. The Morgan fingerprint density at radius 3 is 2.22 bits per heavy atom. The van der Waals surface area contributed by atoms with Crippen LogP contribution >= 0.6 is 0 Å². The highest BCUT2D eigenvalue weighted by Gasteiger charge is 2.61. The van der Waals surface area contributed by atoms with Crippen LogP contribution in [0.3, 0.4) is 0 Å². The molecule has 1 amide bonds. The first kappa shape index (κ1) is 17.1. The molecule has 132 valence electrons. The van der Waals surface area contributed by atoms with E-state index in [1.165, 1.54) is 19.3 Å². The minimum atomic E-state index is -0.422. The molecule has 2 bridgehead atoms. The molecule has 4 heteroatoms. The molecule has 2 N–H and O–H groups in total. The number of carbonyl (C=O) groups is 1. The summed E-state index contributed by atoms with van der Waals surface area (Å²) in [7, 11) is 0. The fourth-order valence-corrected chi connectivity index (χ4v) is 5.09. The van der Waals surface area contributed by atoms with Crippen molar-refractivity contribution in [1.82, 2.24) is 10.6 Å². The van der Waals surface area contributed by atoms with Gasteiger partial charge in [0.1, 0.15) is 5.60 Å². The van der Waals surface area contributed by atoms with Gasteiger partial charge >= 0.3 is 6.09 Å². The molecular weight excluding hydrogens is 288 g/mol. The minimum Gasteiger partial charge on any atom is -0.444 e. The lowest BCUT2D eigenvalue weighted by atomic mass is 9.68. The molecule has 0 aliphatic heterocycles. The van der Waals surface area contributed by atoms with Crippen molar-refractivity contribution < 1.29 is 9.53 Å². The Hall–Kier alpha value is -0.770. The minimum absolute atomic E-state index is 0.266. The molecule has 0 saturated heterocycles. The molecule has 3 unspecified atom stereocenters. The summed E-state index contributed by atoms with van der Waals surface area (Å²) < 4.78 is 5.33. The van der Waals surface area contributed by atoms with E-state index in [2.05, 4.69) is 31.4 Å². The van der Waals surface area contributed by atoms with Crippen LogP contribution in [-0.4, -0.2) is 29.8 Å². The highest BCUT2D eigenvalue weighted by molar-refractivity contribution is 5.68. The number of hydrogen-bond donors (Lipinski definition) is 2. The second-order valence-electron chi connectivity index (χ2n) is 9.84. The summed E-state index contributed by atoms with van der Waals surface area (Å²) in [6.07, 6.45) is 5.84. The Morgan fingerprint density at radius 2 is 1.74 bits per heavy atom. The van der Waals surface area contributed by atoms with E-state index in [-0.39, 0.29) is 12.1 Å². The van der Waals surface area contributed by atoms with E-state index in [1.54, 1.807) is 0 Å². The molecule has 23 heavy (non-hydrogen) atoms. The SMILES string of the molecule is CC(C)(C)OC(=O)NC1CC(NC2CC3CCC2(C)C3(C)C)C1. The van der Waals surface area contributed by atoms with Crippen LogP contribution in [0.15, 0.2) is 0 Å². The van der Waals surface area contributed by atoms with Gasteiger partial charge in [0.25, 0.3) is 0 Å². The number of rotatable bonds is 3. The molecule has 3 rings (SSSR count). The molecule has 3 fully saturated rings. The van der Waals surface area contributed by atoms with Crippen molar-refractivity contribution in [3.63, 3.8) is 0 Å². The Bertz CT molecular complexity index is 476. The molecule has 3 saturated carbocycles. The number of nitrogens with one attached hydrogen (secondary N) is 2. The molecule has 3 aliphatic carbocycles. The standard InChI is InChI=1S/C19H34N2O2/c1-17(2,3)23-16(22)21-14-10-13(11-14)20-15-9-12-7-8-19(15,6)18(12,4)5/h12-15,20H,7-11H2,1-6H3,(H,21,22). The first-order valence-electron chi connectivity index (χ1n) is 9.27. The van der Waals surface area contributed by atoms with E-state index in [0.29, 0.717) is 22.9 Å². The Kier molecular flexibility index (Phi) is 3.98. The number of ether oxygens (including phenoxy) is 1. The van der Waals surface area contributed by atoms with E-state index in [0.717, 1.165) is 18.8 Å². The number of fused-ring (bicyclic) bond motifs is 2. The molecule has 4 nitrogen and oxygen atoms in total. The second-order valence-corrected chi connectivity index (χ2v) is 9.84. The Labute approximate surface area is 141 Å².